The van der Waals surface area contributed by atoms with Gasteiger partial charge in [0.15, 0.2) is 0 Å². The van der Waals surface area contributed by atoms with E-state index in [0.29, 0.717) is 12.1 Å². The molecule has 0 heterocycles. The lowest BCUT2D eigenvalue weighted by molar-refractivity contribution is -0.140. The summed E-state index contributed by atoms with van der Waals surface area (Å²) in [6.07, 6.45) is 0.290. The smallest absolute Gasteiger partial charge is 0.264 e. The number of carbonyl (C=O) groups excluding carboxylic acids is 2. The Morgan fingerprint density at radius 3 is 2.21 bits per heavy atom. The third-order valence-corrected chi connectivity index (χ3v) is 8.02. The first kappa shape index (κ1) is 29.6. The Labute approximate surface area is 229 Å². The molecule has 0 saturated heterocycles. The van der Waals surface area contributed by atoms with E-state index in [0.717, 1.165) is 9.87 Å². The SMILES string of the molecule is CCNC(=O)[C@H](CC)N(Cc1ccc(F)cc1)C(=O)CN(c1ccccc1OC)S(=O)(=O)c1ccc(C)cc1. The number of nitrogens with zero attached hydrogens (tertiary/aromatic N) is 2. The van der Waals surface area contributed by atoms with Crippen LogP contribution in [-0.4, -0.2) is 51.4 Å². The summed E-state index contributed by atoms with van der Waals surface area (Å²) < 4.78 is 47.8. The number of aryl methyl sites for hydroxylation is 1. The number of nitrogens with one attached hydrogen (secondary N) is 1. The van der Waals surface area contributed by atoms with Gasteiger partial charge in [-0.25, -0.2) is 12.8 Å². The number of anilines is 1. The van der Waals surface area contributed by atoms with E-state index in [1.807, 2.05) is 6.92 Å². The molecule has 0 radical (unpaired) electrons. The van der Waals surface area contributed by atoms with E-state index in [2.05, 4.69) is 5.32 Å². The van der Waals surface area contributed by atoms with Crippen molar-refractivity contribution in [1.82, 2.24) is 10.2 Å². The number of amides is 2. The first-order chi connectivity index (χ1) is 18.6. The second-order valence-electron chi connectivity index (χ2n) is 8.96. The molecule has 0 bridgehead atoms. The predicted octanol–water partition coefficient (Wildman–Crippen LogP) is 4.28. The van der Waals surface area contributed by atoms with Gasteiger partial charge >= 0.3 is 0 Å². The van der Waals surface area contributed by atoms with Gasteiger partial charge in [-0.1, -0.05) is 48.9 Å². The fourth-order valence-corrected chi connectivity index (χ4v) is 5.61. The monoisotopic (exact) mass is 555 g/mol. The highest BCUT2D eigenvalue weighted by Crippen LogP contribution is 2.32. The molecule has 1 atom stereocenters. The summed E-state index contributed by atoms with van der Waals surface area (Å²) in [6, 6.07) is 17.6. The van der Waals surface area contributed by atoms with Gasteiger partial charge in [-0.3, -0.25) is 13.9 Å². The second-order valence-corrected chi connectivity index (χ2v) is 10.8. The molecule has 39 heavy (non-hydrogen) atoms. The number of hydrogen-bond donors (Lipinski definition) is 1. The topological polar surface area (TPSA) is 96.0 Å². The van der Waals surface area contributed by atoms with Crippen molar-refractivity contribution in [2.24, 2.45) is 0 Å². The number of benzene rings is 3. The molecule has 0 aliphatic rings. The molecule has 0 spiro atoms. The summed E-state index contributed by atoms with van der Waals surface area (Å²) in [7, 11) is -2.80. The molecule has 2 amide bonds. The van der Waals surface area contributed by atoms with Gasteiger partial charge in [0.05, 0.1) is 17.7 Å². The Kier molecular flexibility index (Phi) is 10.1. The number of carbonyl (C=O) groups is 2. The largest absolute Gasteiger partial charge is 0.495 e. The lowest BCUT2D eigenvalue weighted by Gasteiger charge is -2.33. The molecule has 0 unspecified atom stereocenters. The number of likely N-dealkylation sites (N-methyl/N-ethyl adjacent to an activating group) is 1. The van der Waals surface area contributed by atoms with Crippen molar-refractivity contribution >= 4 is 27.5 Å². The first-order valence-electron chi connectivity index (χ1n) is 12.7. The third kappa shape index (κ3) is 7.14. The third-order valence-electron chi connectivity index (χ3n) is 6.24. The number of para-hydroxylation sites is 2. The lowest BCUT2D eigenvalue weighted by Crippen LogP contribution is -2.52. The van der Waals surface area contributed by atoms with E-state index in [9.17, 15) is 22.4 Å². The van der Waals surface area contributed by atoms with Crippen molar-refractivity contribution in [3.05, 3.63) is 89.7 Å². The Hall–Kier alpha value is -3.92. The quantitative estimate of drug-likeness (QED) is 0.360. The van der Waals surface area contributed by atoms with Crippen LogP contribution in [-0.2, 0) is 26.2 Å². The number of hydrogen-bond acceptors (Lipinski definition) is 5. The maximum absolute atomic E-state index is 14.0. The van der Waals surface area contributed by atoms with E-state index in [1.54, 1.807) is 50.2 Å². The molecule has 1 N–H and O–H groups in total. The molecule has 0 aliphatic heterocycles. The van der Waals surface area contributed by atoms with E-state index >= 15 is 0 Å². The lowest BCUT2D eigenvalue weighted by atomic mass is 10.1. The molecule has 3 aromatic carbocycles. The average Bonchev–Trinajstić information content (AvgIpc) is 2.93. The minimum atomic E-state index is -4.22. The highest BCUT2D eigenvalue weighted by Gasteiger charge is 2.34. The average molecular weight is 556 g/mol. The van der Waals surface area contributed by atoms with Gasteiger partial charge < -0.3 is 15.0 Å². The molecule has 0 saturated carbocycles. The number of rotatable bonds is 12. The highest BCUT2D eigenvalue weighted by molar-refractivity contribution is 7.92. The molecule has 0 aromatic heterocycles. The van der Waals surface area contributed by atoms with Crippen LogP contribution in [0.15, 0.2) is 77.7 Å². The van der Waals surface area contributed by atoms with Gasteiger partial charge in [0.1, 0.15) is 24.2 Å². The summed E-state index contributed by atoms with van der Waals surface area (Å²) in [5.41, 5.74) is 1.66. The molecular formula is C29H34FN3O5S. The Balaban J connectivity index is 2.09. The Morgan fingerprint density at radius 1 is 0.974 bits per heavy atom. The van der Waals surface area contributed by atoms with E-state index < -0.39 is 34.3 Å². The second kappa shape index (κ2) is 13.2. The molecule has 3 rings (SSSR count). The van der Waals surface area contributed by atoms with Crippen molar-refractivity contribution in [3.63, 3.8) is 0 Å². The zero-order valence-corrected chi connectivity index (χ0v) is 23.4. The zero-order chi connectivity index (χ0) is 28.6. The van der Waals surface area contributed by atoms with Crippen molar-refractivity contribution in [3.8, 4) is 5.75 Å². The Morgan fingerprint density at radius 2 is 1.62 bits per heavy atom. The minimum absolute atomic E-state index is 0.00709. The first-order valence-corrected chi connectivity index (χ1v) is 14.1. The van der Waals surface area contributed by atoms with Crippen LogP contribution in [0.1, 0.15) is 31.4 Å². The van der Waals surface area contributed by atoms with Gasteiger partial charge in [0.25, 0.3) is 10.0 Å². The van der Waals surface area contributed by atoms with Crippen molar-refractivity contribution in [1.29, 1.82) is 0 Å². The van der Waals surface area contributed by atoms with Gasteiger partial charge in [-0.05, 0) is 62.2 Å². The molecule has 0 aliphatic carbocycles. The normalized spacial score (nSPS) is 11.9. The Bertz CT molecular complexity index is 1380. The standard InChI is InChI=1S/C29H34FN3O5S/c1-5-25(29(35)31-6-2)32(19-22-13-15-23(30)16-14-22)28(34)20-33(26-9-7-8-10-27(26)38-4)39(36,37)24-17-11-21(3)12-18-24/h7-18,25H,5-6,19-20H2,1-4H3,(H,31,35)/t25-/m0/s1. The molecule has 8 nitrogen and oxygen atoms in total. The summed E-state index contributed by atoms with van der Waals surface area (Å²) in [6.45, 7) is 5.15. The number of methoxy groups -OCH3 is 1. The van der Waals surface area contributed by atoms with Crippen LogP contribution in [0.4, 0.5) is 10.1 Å². The molecule has 208 valence electrons. The highest BCUT2D eigenvalue weighted by atomic mass is 32.2. The molecular weight excluding hydrogens is 521 g/mol. The van der Waals surface area contributed by atoms with Crippen LogP contribution in [0.5, 0.6) is 5.75 Å². The zero-order valence-electron chi connectivity index (χ0n) is 22.6. The fraction of sp³-hybridized carbons (Fsp3) is 0.310. The summed E-state index contributed by atoms with van der Waals surface area (Å²) in [5, 5.41) is 2.75. The number of halogens is 1. The van der Waals surface area contributed by atoms with Crippen LogP contribution in [0.25, 0.3) is 0 Å². The van der Waals surface area contributed by atoms with E-state index in [-0.39, 0.29) is 35.2 Å². The molecule has 3 aromatic rings. The summed E-state index contributed by atoms with van der Waals surface area (Å²) in [4.78, 5) is 28.3. The van der Waals surface area contributed by atoms with Crippen molar-refractivity contribution in [2.75, 3.05) is 24.5 Å². The van der Waals surface area contributed by atoms with Crippen LogP contribution in [0, 0.1) is 12.7 Å². The number of ether oxygens (including phenoxy) is 1. The van der Waals surface area contributed by atoms with Crippen LogP contribution >= 0.6 is 0 Å². The minimum Gasteiger partial charge on any atom is -0.495 e. The maximum atomic E-state index is 14.0. The maximum Gasteiger partial charge on any atom is 0.264 e. The van der Waals surface area contributed by atoms with Gasteiger partial charge in [-0.15, -0.1) is 0 Å². The fourth-order valence-electron chi connectivity index (χ4n) is 4.18. The van der Waals surface area contributed by atoms with Crippen LogP contribution in [0.2, 0.25) is 0 Å². The van der Waals surface area contributed by atoms with Gasteiger partial charge in [0, 0.05) is 13.1 Å². The van der Waals surface area contributed by atoms with Gasteiger partial charge in [-0.2, -0.15) is 0 Å². The van der Waals surface area contributed by atoms with Crippen molar-refractivity contribution in [2.45, 2.75) is 44.7 Å². The summed E-state index contributed by atoms with van der Waals surface area (Å²) in [5.74, 6) is -1.12. The van der Waals surface area contributed by atoms with E-state index in [1.165, 1.54) is 48.4 Å². The summed E-state index contributed by atoms with van der Waals surface area (Å²) >= 11 is 0. The number of sulfonamides is 1. The van der Waals surface area contributed by atoms with E-state index in [4.69, 9.17) is 4.74 Å². The molecule has 0 fully saturated rings. The van der Waals surface area contributed by atoms with Gasteiger partial charge in [0.2, 0.25) is 11.8 Å². The van der Waals surface area contributed by atoms with Crippen molar-refractivity contribution < 1.29 is 27.1 Å². The molecule has 10 heteroatoms. The van der Waals surface area contributed by atoms with Crippen LogP contribution < -0.4 is 14.4 Å². The van der Waals surface area contributed by atoms with Crippen LogP contribution in [0.3, 0.4) is 0 Å². The predicted molar refractivity (Wildman–Crippen MR) is 148 cm³/mol.